The van der Waals surface area contributed by atoms with Crippen LogP contribution in [-0.2, 0) is 0 Å². The van der Waals surface area contributed by atoms with Crippen LogP contribution in [0.25, 0.3) is 22.8 Å². The van der Waals surface area contributed by atoms with Crippen molar-refractivity contribution in [2.75, 3.05) is 0 Å². The maximum atomic E-state index is 11.2. The van der Waals surface area contributed by atoms with Crippen molar-refractivity contribution in [3.05, 3.63) is 65.5 Å². The van der Waals surface area contributed by atoms with Crippen molar-refractivity contribution >= 4 is 18.9 Å². The van der Waals surface area contributed by atoms with E-state index in [1.165, 1.54) is 12.4 Å². The predicted octanol–water partition coefficient (Wildman–Crippen LogP) is 2.64. The second kappa shape index (κ2) is 6.70. The van der Waals surface area contributed by atoms with Crippen LogP contribution in [-0.4, -0.2) is 33.8 Å². The van der Waals surface area contributed by atoms with Gasteiger partial charge in [0.2, 0.25) is 0 Å². The van der Waals surface area contributed by atoms with E-state index in [0.717, 1.165) is 0 Å². The highest BCUT2D eigenvalue weighted by atomic mass is 16.1. The quantitative estimate of drug-likeness (QED) is 0.672. The fourth-order valence-corrected chi connectivity index (χ4v) is 2.20. The van der Waals surface area contributed by atoms with Gasteiger partial charge in [-0.25, -0.2) is 4.98 Å². The largest absolute Gasteiger partial charge is 0.298 e. The minimum atomic E-state index is 0.395. The lowest BCUT2D eigenvalue weighted by molar-refractivity contribution is 0.111. The zero-order chi connectivity index (χ0) is 16.9. The van der Waals surface area contributed by atoms with E-state index in [2.05, 4.69) is 15.0 Å². The summed E-state index contributed by atoms with van der Waals surface area (Å²) < 4.78 is 0. The summed E-state index contributed by atoms with van der Waals surface area (Å²) >= 11 is 0. The minimum Gasteiger partial charge on any atom is -0.298 e. The molecule has 3 rings (SSSR count). The number of hydrogen-bond acceptors (Lipinski definition) is 6. The highest BCUT2D eigenvalue weighted by Gasteiger charge is 2.10. The molecule has 6 nitrogen and oxygen atoms in total. The average Bonchev–Trinajstić information content (AvgIpc) is 2.67. The molecule has 0 aromatic carbocycles. The van der Waals surface area contributed by atoms with E-state index < -0.39 is 0 Å². The maximum Gasteiger partial charge on any atom is 0.150 e. The van der Waals surface area contributed by atoms with Crippen LogP contribution in [0, 0.1) is 0 Å². The van der Waals surface area contributed by atoms with E-state index in [9.17, 15) is 14.4 Å². The van der Waals surface area contributed by atoms with Crippen LogP contribution in [0.15, 0.2) is 48.8 Å². The second-order valence-corrected chi connectivity index (χ2v) is 4.97. The number of carbonyl (C=O) groups is 3. The Hall–Kier alpha value is -3.54. The highest BCUT2D eigenvalue weighted by Crippen LogP contribution is 2.22. The number of rotatable bonds is 5. The van der Waals surface area contributed by atoms with Crippen molar-refractivity contribution in [1.82, 2.24) is 15.0 Å². The van der Waals surface area contributed by atoms with Gasteiger partial charge in [-0.3, -0.25) is 24.4 Å². The SMILES string of the molecule is O=Cc1ccnc(-c2cc(C=O)cc(-c3cc(C=O)ccn3)n2)c1. The summed E-state index contributed by atoms with van der Waals surface area (Å²) in [7, 11) is 0. The van der Waals surface area contributed by atoms with Gasteiger partial charge in [0.1, 0.15) is 18.9 Å². The molecule has 0 aliphatic carbocycles. The molecule has 0 aliphatic heterocycles. The van der Waals surface area contributed by atoms with Gasteiger partial charge in [0.15, 0.2) is 0 Å². The monoisotopic (exact) mass is 317 g/mol. The van der Waals surface area contributed by atoms with Crippen molar-refractivity contribution in [3.8, 4) is 22.8 Å². The summed E-state index contributed by atoms with van der Waals surface area (Å²) in [6.07, 6.45) is 5.12. The average molecular weight is 317 g/mol. The Kier molecular flexibility index (Phi) is 4.29. The standard InChI is InChI=1S/C18H11N3O3/c22-9-12-1-3-19-15(5-12)17-7-14(11-24)8-18(21-17)16-6-13(10-23)2-4-20-16/h1-11H. The van der Waals surface area contributed by atoms with Gasteiger partial charge >= 0.3 is 0 Å². The fraction of sp³-hybridized carbons (Fsp3) is 0. The first-order valence-electron chi connectivity index (χ1n) is 7.04. The molecular formula is C18H11N3O3. The molecule has 0 amide bonds. The first-order chi connectivity index (χ1) is 11.7. The summed E-state index contributed by atoms with van der Waals surface area (Å²) in [6.45, 7) is 0. The predicted molar refractivity (Wildman–Crippen MR) is 86.9 cm³/mol. The van der Waals surface area contributed by atoms with Gasteiger partial charge in [-0.15, -0.1) is 0 Å². The second-order valence-electron chi connectivity index (χ2n) is 4.97. The molecule has 3 aromatic heterocycles. The van der Waals surface area contributed by atoms with Crippen molar-refractivity contribution in [1.29, 1.82) is 0 Å². The summed E-state index contributed by atoms with van der Waals surface area (Å²) in [5.74, 6) is 0. The Morgan fingerprint density at radius 2 is 1.00 bits per heavy atom. The van der Waals surface area contributed by atoms with Crippen LogP contribution in [0.4, 0.5) is 0 Å². The van der Waals surface area contributed by atoms with Gasteiger partial charge in [0.25, 0.3) is 0 Å². The molecule has 0 unspecified atom stereocenters. The number of aromatic nitrogens is 3. The zero-order valence-corrected chi connectivity index (χ0v) is 12.4. The van der Waals surface area contributed by atoms with Gasteiger partial charge in [-0.1, -0.05) is 0 Å². The number of hydrogen-bond donors (Lipinski definition) is 0. The molecular weight excluding hydrogens is 306 g/mol. The molecule has 0 N–H and O–H groups in total. The Morgan fingerprint density at radius 1 is 0.583 bits per heavy atom. The minimum absolute atomic E-state index is 0.395. The summed E-state index contributed by atoms with van der Waals surface area (Å²) in [5.41, 5.74) is 3.13. The number of aldehydes is 3. The summed E-state index contributed by atoms with van der Waals surface area (Å²) in [4.78, 5) is 45.9. The topological polar surface area (TPSA) is 89.9 Å². The van der Waals surface area contributed by atoms with Gasteiger partial charge < -0.3 is 0 Å². The van der Waals surface area contributed by atoms with Gasteiger partial charge in [-0.2, -0.15) is 0 Å². The third-order valence-corrected chi connectivity index (χ3v) is 3.35. The van der Waals surface area contributed by atoms with Crippen molar-refractivity contribution in [3.63, 3.8) is 0 Å². The van der Waals surface area contributed by atoms with Crippen LogP contribution >= 0.6 is 0 Å². The number of pyridine rings is 3. The van der Waals surface area contributed by atoms with E-state index in [1.54, 1.807) is 36.4 Å². The first-order valence-corrected chi connectivity index (χ1v) is 7.04. The molecule has 0 saturated heterocycles. The van der Waals surface area contributed by atoms with E-state index in [0.29, 0.717) is 58.3 Å². The molecule has 24 heavy (non-hydrogen) atoms. The fourth-order valence-electron chi connectivity index (χ4n) is 2.20. The molecule has 0 atom stereocenters. The first kappa shape index (κ1) is 15.4. The zero-order valence-electron chi connectivity index (χ0n) is 12.4. The summed E-state index contributed by atoms with van der Waals surface area (Å²) in [6, 6.07) is 9.49. The van der Waals surface area contributed by atoms with E-state index in [4.69, 9.17) is 0 Å². The normalized spacial score (nSPS) is 10.2. The number of carbonyl (C=O) groups excluding carboxylic acids is 3. The Balaban J connectivity index is 2.16. The molecule has 3 aromatic rings. The lowest BCUT2D eigenvalue weighted by atomic mass is 10.1. The molecule has 6 heteroatoms. The molecule has 0 fully saturated rings. The smallest absolute Gasteiger partial charge is 0.150 e. The van der Waals surface area contributed by atoms with E-state index in [-0.39, 0.29) is 0 Å². The number of nitrogens with zero attached hydrogens (tertiary/aromatic N) is 3. The Morgan fingerprint density at radius 3 is 1.42 bits per heavy atom. The lowest BCUT2D eigenvalue weighted by Gasteiger charge is -2.06. The summed E-state index contributed by atoms with van der Waals surface area (Å²) in [5, 5.41) is 0. The highest BCUT2D eigenvalue weighted by molar-refractivity contribution is 5.82. The molecule has 0 spiro atoms. The Labute approximate surface area is 137 Å². The van der Waals surface area contributed by atoms with E-state index >= 15 is 0 Å². The van der Waals surface area contributed by atoms with Crippen LogP contribution in [0.5, 0.6) is 0 Å². The third-order valence-electron chi connectivity index (χ3n) is 3.35. The molecule has 0 bridgehead atoms. The van der Waals surface area contributed by atoms with Crippen molar-refractivity contribution in [2.24, 2.45) is 0 Å². The van der Waals surface area contributed by atoms with Gasteiger partial charge in [0.05, 0.1) is 22.8 Å². The van der Waals surface area contributed by atoms with Crippen LogP contribution in [0.3, 0.4) is 0 Å². The van der Waals surface area contributed by atoms with Crippen LogP contribution < -0.4 is 0 Å². The van der Waals surface area contributed by atoms with Crippen LogP contribution in [0.1, 0.15) is 31.1 Å². The lowest BCUT2D eigenvalue weighted by Crippen LogP contribution is -1.96. The molecule has 0 radical (unpaired) electrons. The molecule has 0 aliphatic rings. The maximum absolute atomic E-state index is 11.2. The van der Waals surface area contributed by atoms with Gasteiger partial charge in [0, 0.05) is 29.1 Å². The molecule has 3 heterocycles. The van der Waals surface area contributed by atoms with E-state index in [1.807, 2.05) is 0 Å². The molecule has 0 saturated carbocycles. The van der Waals surface area contributed by atoms with Crippen LogP contribution in [0.2, 0.25) is 0 Å². The Bertz CT molecular complexity index is 869. The van der Waals surface area contributed by atoms with Crippen molar-refractivity contribution < 1.29 is 14.4 Å². The van der Waals surface area contributed by atoms with Gasteiger partial charge in [-0.05, 0) is 36.4 Å². The third kappa shape index (κ3) is 3.12. The van der Waals surface area contributed by atoms with Crippen molar-refractivity contribution in [2.45, 2.75) is 0 Å². The molecule has 116 valence electrons.